The molecule has 0 saturated heterocycles. The van der Waals surface area contributed by atoms with Crippen molar-refractivity contribution in [2.45, 2.75) is 38.0 Å². The van der Waals surface area contributed by atoms with Crippen LogP contribution in [-0.2, 0) is 0 Å². The normalized spacial score (nSPS) is 13.5. The Bertz CT molecular complexity index is 2820. The second-order valence-corrected chi connectivity index (χ2v) is 15.7. The van der Waals surface area contributed by atoms with Crippen LogP contribution in [0.1, 0.15) is 71.4 Å². The fourth-order valence-electron chi connectivity index (χ4n) is 8.83. The van der Waals surface area contributed by atoms with E-state index in [-0.39, 0.29) is 24.2 Å². The Hall–Kier alpha value is -6.72. The van der Waals surface area contributed by atoms with Gasteiger partial charge in [0, 0.05) is 23.2 Å². The van der Waals surface area contributed by atoms with Crippen molar-refractivity contribution in [1.29, 1.82) is 0 Å². The Morgan fingerprint density at radius 2 is 0.683 bits per heavy atom. The first-order valence-corrected chi connectivity index (χ1v) is 20.8. The van der Waals surface area contributed by atoms with Crippen molar-refractivity contribution in [2.75, 3.05) is 14.1 Å². The number of rotatable bonds is 10. The lowest BCUT2D eigenvalue weighted by Gasteiger charge is -2.36. The summed E-state index contributed by atoms with van der Waals surface area (Å²) in [5, 5.41) is 28.9. The molecule has 0 unspecified atom stereocenters. The quantitative estimate of drug-likeness (QED) is 0.145. The fraction of sp³-hybridized carbons (Fsp3) is 0.143. The lowest BCUT2D eigenvalue weighted by atomic mass is 9.88. The van der Waals surface area contributed by atoms with Gasteiger partial charge in [0.25, 0.3) is 0 Å². The minimum Gasteiger partial charge on any atom is -0.508 e. The maximum absolute atomic E-state index is 11.2. The molecule has 0 bridgehead atoms. The lowest BCUT2D eigenvalue weighted by molar-refractivity contribution is 0.211. The molecule has 2 N–H and O–H groups in total. The van der Waals surface area contributed by atoms with Crippen molar-refractivity contribution < 1.29 is 10.2 Å². The first-order chi connectivity index (χ1) is 29.3. The molecule has 0 spiro atoms. The monoisotopic (exact) mass is 784 g/mol. The van der Waals surface area contributed by atoms with Crippen molar-refractivity contribution in [3.63, 3.8) is 0 Å². The summed E-state index contributed by atoms with van der Waals surface area (Å²) in [6.45, 7) is 4.45. The topological polar surface area (TPSA) is 46.9 Å². The second kappa shape index (κ2) is 18.0. The molecule has 0 amide bonds. The van der Waals surface area contributed by atoms with Crippen molar-refractivity contribution >= 4 is 32.3 Å². The summed E-state index contributed by atoms with van der Waals surface area (Å²) in [5.41, 5.74) is 6.77. The largest absolute Gasteiger partial charge is 0.508 e. The molecule has 0 radical (unpaired) electrons. The van der Waals surface area contributed by atoms with E-state index in [0.717, 1.165) is 32.7 Å². The van der Waals surface area contributed by atoms with Gasteiger partial charge in [-0.25, -0.2) is 0 Å². The molecule has 0 fully saturated rings. The minimum absolute atomic E-state index is 0.0671. The highest BCUT2D eigenvalue weighted by Crippen LogP contribution is 2.44. The van der Waals surface area contributed by atoms with Crippen LogP contribution in [0.15, 0.2) is 206 Å². The van der Waals surface area contributed by atoms with Crippen molar-refractivity contribution in [3.05, 3.63) is 240 Å². The molecule has 0 aliphatic carbocycles. The van der Waals surface area contributed by atoms with E-state index in [2.05, 4.69) is 183 Å². The third kappa shape index (κ3) is 8.13. The number of hydrogen-bond acceptors (Lipinski definition) is 4. The number of aromatic hydroxyl groups is 2. The summed E-state index contributed by atoms with van der Waals surface area (Å²) in [7, 11) is 4.29. The number of benzene rings is 9. The van der Waals surface area contributed by atoms with Crippen molar-refractivity contribution in [2.24, 2.45) is 0 Å². The molecule has 4 atom stereocenters. The average molecular weight is 785 g/mol. The third-order valence-electron chi connectivity index (χ3n) is 12.3. The van der Waals surface area contributed by atoms with E-state index < -0.39 is 0 Å². The van der Waals surface area contributed by atoms with Crippen LogP contribution in [0.2, 0.25) is 0 Å². The van der Waals surface area contributed by atoms with E-state index in [0.29, 0.717) is 11.5 Å². The Morgan fingerprint density at radius 1 is 0.333 bits per heavy atom. The Balaban J connectivity index is 0.000000168. The summed E-state index contributed by atoms with van der Waals surface area (Å²) in [6.07, 6.45) is 0. The molecule has 0 heterocycles. The summed E-state index contributed by atoms with van der Waals surface area (Å²) in [4.78, 5) is 4.71. The van der Waals surface area contributed by atoms with Crippen LogP contribution >= 0.6 is 0 Å². The van der Waals surface area contributed by atoms with Crippen molar-refractivity contribution in [3.8, 4) is 11.5 Å². The standard InChI is InChI=1S/C30H27NO.C26H25NO/c1-21(22-11-4-3-5-12-22)31(2)30(27-18-10-15-23-13-6-8-16-25(23)27)29-26-17-9-7-14-24(26)19-20-28(29)32;1-19(20-11-5-3-6-12-20)27(2)26(22-14-7-4-8-15-22)25-23-16-10-9-13-21(23)17-18-24(25)28/h3-21,30,32H,1-2H3;3-19,26,28H,1-2H3/t21-,30-;19-,26-/m00/s1. The molecular formula is C56H52N2O2. The zero-order valence-electron chi connectivity index (χ0n) is 34.7. The highest BCUT2D eigenvalue weighted by Gasteiger charge is 2.30. The average Bonchev–Trinajstić information content (AvgIpc) is 3.31. The van der Waals surface area contributed by atoms with Gasteiger partial charge in [0.05, 0.1) is 12.1 Å². The second-order valence-electron chi connectivity index (χ2n) is 15.7. The summed E-state index contributed by atoms with van der Waals surface area (Å²) in [5.74, 6) is 0.661. The summed E-state index contributed by atoms with van der Waals surface area (Å²) >= 11 is 0. The highest BCUT2D eigenvalue weighted by molar-refractivity contribution is 5.92. The van der Waals surface area contributed by atoms with Gasteiger partial charge < -0.3 is 10.2 Å². The van der Waals surface area contributed by atoms with Crippen LogP contribution in [0.25, 0.3) is 32.3 Å². The Kier molecular flexibility index (Phi) is 12.1. The zero-order valence-corrected chi connectivity index (χ0v) is 34.7. The van der Waals surface area contributed by atoms with Crippen LogP contribution in [0, 0.1) is 0 Å². The van der Waals surface area contributed by atoms with Gasteiger partial charge >= 0.3 is 0 Å². The first-order valence-electron chi connectivity index (χ1n) is 20.8. The first kappa shape index (κ1) is 40.1. The minimum atomic E-state index is -0.123. The molecule has 0 aliphatic rings. The molecule has 60 heavy (non-hydrogen) atoms. The van der Waals surface area contributed by atoms with Crippen LogP contribution < -0.4 is 0 Å². The van der Waals surface area contributed by atoms with Crippen LogP contribution in [0.5, 0.6) is 11.5 Å². The molecule has 0 aliphatic heterocycles. The molecule has 298 valence electrons. The van der Waals surface area contributed by atoms with Gasteiger partial charge in [0.2, 0.25) is 0 Å². The smallest absolute Gasteiger partial charge is 0.121 e. The van der Waals surface area contributed by atoms with E-state index in [4.69, 9.17) is 0 Å². The Labute approximate surface area is 354 Å². The predicted octanol–water partition coefficient (Wildman–Crippen LogP) is 13.8. The molecule has 4 heteroatoms. The molecule has 4 nitrogen and oxygen atoms in total. The van der Waals surface area contributed by atoms with Gasteiger partial charge in [-0.1, -0.05) is 194 Å². The van der Waals surface area contributed by atoms with Gasteiger partial charge in [0.1, 0.15) is 11.5 Å². The van der Waals surface area contributed by atoms with E-state index in [1.807, 2.05) is 60.7 Å². The van der Waals surface area contributed by atoms with E-state index >= 15 is 0 Å². The van der Waals surface area contributed by atoms with Crippen molar-refractivity contribution in [1.82, 2.24) is 9.80 Å². The van der Waals surface area contributed by atoms with E-state index in [1.54, 1.807) is 0 Å². The van der Waals surface area contributed by atoms with Gasteiger partial charge in [-0.3, -0.25) is 9.80 Å². The molecule has 0 aromatic heterocycles. The summed E-state index contributed by atoms with van der Waals surface area (Å²) in [6, 6.07) is 70.8. The number of hydrogen-bond donors (Lipinski definition) is 2. The van der Waals surface area contributed by atoms with Crippen LogP contribution in [-0.4, -0.2) is 34.1 Å². The Morgan fingerprint density at radius 3 is 1.17 bits per heavy atom. The predicted molar refractivity (Wildman–Crippen MR) is 251 cm³/mol. The van der Waals surface area contributed by atoms with Gasteiger partial charge in [-0.2, -0.15) is 0 Å². The fourth-order valence-corrected chi connectivity index (χ4v) is 8.83. The number of phenols is 2. The highest BCUT2D eigenvalue weighted by atomic mass is 16.3. The van der Waals surface area contributed by atoms with Crippen LogP contribution in [0.4, 0.5) is 0 Å². The number of nitrogens with zero attached hydrogens (tertiary/aromatic N) is 2. The third-order valence-corrected chi connectivity index (χ3v) is 12.3. The molecular weight excluding hydrogens is 733 g/mol. The molecule has 0 saturated carbocycles. The number of fused-ring (bicyclic) bond motifs is 3. The van der Waals surface area contributed by atoms with Gasteiger partial charge in [-0.15, -0.1) is 0 Å². The lowest BCUT2D eigenvalue weighted by Crippen LogP contribution is -2.29. The maximum atomic E-state index is 11.2. The number of phenolic OH excluding ortho intramolecular Hbond substituents is 2. The van der Waals surface area contributed by atoms with Gasteiger partial charge in [-0.05, 0) is 94.6 Å². The molecule has 9 aromatic carbocycles. The SMILES string of the molecule is C[C@@H](c1ccccc1)N(C)[C@@H](c1cccc2ccccc12)c1c(O)ccc2ccccc12.C[C@@H](c1ccccc1)N(C)[C@@H](c1ccccc1)c1c(O)ccc2ccccc12. The molecule has 9 aromatic rings. The summed E-state index contributed by atoms with van der Waals surface area (Å²) < 4.78 is 0. The van der Waals surface area contributed by atoms with Crippen LogP contribution in [0.3, 0.4) is 0 Å². The van der Waals surface area contributed by atoms with Gasteiger partial charge in [0.15, 0.2) is 0 Å². The zero-order chi connectivity index (χ0) is 41.6. The van der Waals surface area contributed by atoms with E-state index in [9.17, 15) is 10.2 Å². The molecule has 9 rings (SSSR count). The van der Waals surface area contributed by atoms with E-state index in [1.165, 1.54) is 33.0 Å². The maximum Gasteiger partial charge on any atom is 0.121 e.